The summed E-state index contributed by atoms with van der Waals surface area (Å²) in [6, 6.07) is 18.3. The quantitative estimate of drug-likeness (QED) is 0.380. The molecule has 3 heterocycles. The van der Waals surface area contributed by atoms with Crippen LogP contribution < -0.4 is 5.32 Å². The first-order valence-electron chi connectivity index (χ1n) is 11.1. The van der Waals surface area contributed by atoms with Gasteiger partial charge in [-0.1, -0.05) is 30.3 Å². The molecule has 9 heteroatoms. The molecular formula is C27H19FN4O3S. The van der Waals surface area contributed by atoms with Crippen molar-refractivity contribution >= 4 is 45.8 Å². The van der Waals surface area contributed by atoms with E-state index in [0.717, 1.165) is 22.2 Å². The number of carbonyl (C=O) groups excluding carboxylic acids is 3. The van der Waals surface area contributed by atoms with Crippen molar-refractivity contribution in [2.45, 2.75) is 0 Å². The first-order chi connectivity index (χ1) is 17.5. The van der Waals surface area contributed by atoms with Crippen LogP contribution in [0.25, 0.3) is 28.2 Å². The third-order valence-electron chi connectivity index (χ3n) is 5.60. The highest BCUT2D eigenvalue weighted by molar-refractivity contribution is 8.18. The molecule has 1 aliphatic rings. The van der Waals surface area contributed by atoms with Crippen molar-refractivity contribution in [2.24, 2.45) is 0 Å². The van der Waals surface area contributed by atoms with Gasteiger partial charge in [0.1, 0.15) is 5.82 Å². The Hall–Kier alpha value is -4.37. The Morgan fingerprint density at radius 1 is 1.03 bits per heavy atom. The van der Waals surface area contributed by atoms with Crippen LogP contribution in [0, 0.1) is 5.82 Å². The van der Waals surface area contributed by atoms with E-state index < -0.39 is 11.1 Å². The topological polar surface area (TPSA) is 92.3 Å². The zero-order chi connectivity index (χ0) is 25.1. The Kier molecular flexibility index (Phi) is 6.55. The molecule has 0 atom stereocenters. The van der Waals surface area contributed by atoms with Gasteiger partial charge in [0, 0.05) is 36.4 Å². The number of nitrogens with zero attached hydrogens (tertiary/aromatic N) is 3. The van der Waals surface area contributed by atoms with Gasteiger partial charge in [-0.25, -0.2) is 9.37 Å². The van der Waals surface area contributed by atoms with Crippen molar-refractivity contribution in [1.29, 1.82) is 0 Å². The molecule has 5 rings (SSSR count). The molecule has 1 fully saturated rings. The lowest BCUT2D eigenvalue weighted by molar-refractivity contribution is -0.122. The van der Waals surface area contributed by atoms with Crippen LogP contribution in [0.15, 0.2) is 84.0 Å². The maximum atomic E-state index is 13.1. The van der Waals surface area contributed by atoms with E-state index in [1.807, 2.05) is 36.4 Å². The van der Waals surface area contributed by atoms with Crippen LogP contribution >= 0.6 is 11.8 Å². The molecule has 1 saturated heterocycles. The van der Waals surface area contributed by atoms with Crippen molar-refractivity contribution in [3.05, 3.63) is 101 Å². The predicted molar refractivity (Wildman–Crippen MR) is 136 cm³/mol. The molecule has 0 spiro atoms. The first kappa shape index (κ1) is 23.4. The molecular weight excluding hydrogens is 479 g/mol. The van der Waals surface area contributed by atoms with Crippen molar-refractivity contribution in [3.8, 4) is 11.3 Å². The summed E-state index contributed by atoms with van der Waals surface area (Å²) in [7, 11) is 0. The van der Waals surface area contributed by atoms with E-state index in [0.29, 0.717) is 27.7 Å². The van der Waals surface area contributed by atoms with Gasteiger partial charge in [0.2, 0.25) is 0 Å². The average Bonchev–Trinajstić information content (AvgIpc) is 3.17. The minimum absolute atomic E-state index is 0.0252. The van der Waals surface area contributed by atoms with Crippen LogP contribution in [0.5, 0.6) is 0 Å². The van der Waals surface area contributed by atoms with E-state index in [4.69, 9.17) is 0 Å². The molecule has 178 valence electrons. The van der Waals surface area contributed by atoms with Crippen LogP contribution in [0.2, 0.25) is 0 Å². The molecule has 3 amide bonds. The lowest BCUT2D eigenvalue weighted by atomic mass is 10.0. The number of benzene rings is 2. The van der Waals surface area contributed by atoms with Crippen LogP contribution in [0.4, 0.5) is 9.18 Å². The number of nitrogens with one attached hydrogen (secondary N) is 1. The van der Waals surface area contributed by atoms with Gasteiger partial charge in [-0.2, -0.15) is 0 Å². The minimum atomic E-state index is -0.446. The molecule has 1 aliphatic heterocycles. The molecule has 0 aliphatic carbocycles. The van der Waals surface area contributed by atoms with Crippen molar-refractivity contribution in [3.63, 3.8) is 0 Å². The molecule has 4 aromatic rings. The molecule has 2 aromatic carbocycles. The number of fused-ring (bicyclic) bond motifs is 1. The van der Waals surface area contributed by atoms with Gasteiger partial charge in [-0.05, 0) is 59.8 Å². The summed E-state index contributed by atoms with van der Waals surface area (Å²) in [5.41, 5.74) is 3.20. The first-order valence-corrected chi connectivity index (χ1v) is 11.9. The Bertz CT molecular complexity index is 1510. The smallest absolute Gasteiger partial charge is 0.293 e. The number of para-hydroxylation sites is 1. The molecule has 36 heavy (non-hydrogen) atoms. The summed E-state index contributed by atoms with van der Waals surface area (Å²) in [6.45, 7) is 0.110. The molecule has 7 nitrogen and oxygen atoms in total. The summed E-state index contributed by atoms with van der Waals surface area (Å²) in [5, 5.41) is 3.09. The normalized spacial score (nSPS) is 14.6. The van der Waals surface area contributed by atoms with Gasteiger partial charge < -0.3 is 5.32 Å². The fraction of sp³-hybridized carbons (Fsp3) is 0.0741. The largest absolute Gasteiger partial charge is 0.350 e. The second-order valence-electron chi connectivity index (χ2n) is 7.95. The number of rotatable bonds is 6. The summed E-state index contributed by atoms with van der Waals surface area (Å²) >= 11 is 0.816. The van der Waals surface area contributed by atoms with Crippen molar-refractivity contribution in [1.82, 2.24) is 20.2 Å². The monoisotopic (exact) mass is 498 g/mol. The Balaban J connectivity index is 1.30. The van der Waals surface area contributed by atoms with Crippen molar-refractivity contribution < 1.29 is 18.8 Å². The zero-order valence-corrected chi connectivity index (χ0v) is 19.7. The number of pyridine rings is 2. The lowest BCUT2D eigenvalue weighted by Gasteiger charge is -2.14. The molecule has 0 saturated carbocycles. The van der Waals surface area contributed by atoms with Gasteiger partial charge in [-0.15, -0.1) is 0 Å². The molecule has 2 aromatic heterocycles. The number of thioether (sulfide) groups is 1. The summed E-state index contributed by atoms with van der Waals surface area (Å²) < 4.78 is 13.1. The van der Waals surface area contributed by atoms with Gasteiger partial charge in [0.15, 0.2) is 0 Å². The highest BCUT2D eigenvalue weighted by Gasteiger charge is 2.34. The summed E-state index contributed by atoms with van der Waals surface area (Å²) in [5.74, 6) is -1.17. The number of hydrogen-bond acceptors (Lipinski definition) is 6. The van der Waals surface area contributed by atoms with Gasteiger partial charge in [0.05, 0.1) is 21.7 Å². The number of carbonyl (C=O) groups is 3. The fourth-order valence-electron chi connectivity index (χ4n) is 3.81. The zero-order valence-electron chi connectivity index (χ0n) is 18.8. The number of imide groups is 1. The van der Waals surface area contributed by atoms with E-state index in [-0.39, 0.29) is 29.7 Å². The fourth-order valence-corrected chi connectivity index (χ4v) is 4.68. The third kappa shape index (κ3) is 4.87. The highest BCUT2D eigenvalue weighted by Crippen LogP contribution is 2.32. The SMILES string of the molecule is O=C(NCCN1C(=O)S/C(=C/c2ccc(F)cc2)C1=O)c1cc(-c2ccncc2)nc2ccccc12. The van der Waals surface area contributed by atoms with Crippen LogP contribution in [-0.2, 0) is 4.79 Å². The van der Waals surface area contributed by atoms with Crippen LogP contribution in [-0.4, -0.2) is 45.0 Å². The minimum Gasteiger partial charge on any atom is -0.350 e. The maximum absolute atomic E-state index is 13.1. The maximum Gasteiger partial charge on any atom is 0.293 e. The molecule has 0 bridgehead atoms. The van der Waals surface area contributed by atoms with Crippen molar-refractivity contribution in [2.75, 3.05) is 13.1 Å². The third-order valence-corrected chi connectivity index (χ3v) is 6.51. The molecule has 1 N–H and O–H groups in total. The Morgan fingerprint density at radius 2 is 1.78 bits per heavy atom. The summed E-state index contributed by atoms with van der Waals surface area (Å²) in [6.07, 6.45) is 4.87. The van der Waals surface area contributed by atoms with Gasteiger partial charge in [0.25, 0.3) is 17.1 Å². The second kappa shape index (κ2) is 10.1. The molecule has 0 radical (unpaired) electrons. The van der Waals surface area contributed by atoms with E-state index in [9.17, 15) is 18.8 Å². The Morgan fingerprint density at radius 3 is 2.56 bits per heavy atom. The second-order valence-corrected chi connectivity index (χ2v) is 8.94. The van der Waals surface area contributed by atoms with Gasteiger partial charge >= 0.3 is 0 Å². The van der Waals surface area contributed by atoms with Crippen LogP contribution in [0.1, 0.15) is 15.9 Å². The number of hydrogen-bond donors (Lipinski definition) is 1. The summed E-state index contributed by atoms with van der Waals surface area (Å²) in [4.78, 5) is 48.3. The van der Waals surface area contributed by atoms with E-state index in [2.05, 4.69) is 15.3 Å². The standard InChI is InChI=1S/C27H19FN4O3S/c28-19-7-5-17(6-8-19)15-24-26(34)32(27(35)36-24)14-13-30-25(33)21-16-23(18-9-11-29-12-10-18)31-22-4-2-1-3-20(21)22/h1-12,15-16H,13-14H2,(H,30,33)/b24-15+. The molecule has 0 unspecified atom stereocenters. The Labute approximate surface area is 210 Å². The predicted octanol–water partition coefficient (Wildman–Crippen LogP) is 4.90. The average molecular weight is 499 g/mol. The lowest BCUT2D eigenvalue weighted by Crippen LogP contribution is -2.37. The van der Waals surface area contributed by atoms with Crippen LogP contribution in [0.3, 0.4) is 0 Å². The van der Waals surface area contributed by atoms with E-state index >= 15 is 0 Å². The highest BCUT2D eigenvalue weighted by atomic mass is 32.2. The number of aromatic nitrogens is 2. The number of amides is 3. The number of halogens is 1. The van der Waals surface area contributed by atoms with Gasteiger partial charge in [-0.3, -0.25) is 24.3 Å². The van der Waals surface area contributed by atoms with E-state index in [1.54, 1.807) is 24.5 Å². The van der Waals surface area contributed by atoms with E-state index in [1.165, 1.54) is 24.3 Å².